The Morgan fingerprint density at radius 3 is 2.88 bits per heavy atom. The van der Waals surface area contributed by atoms with Crippen LogP contribution >= 0.6 is 0 Å². The zero-order chi connectivity index (χ0) is 12.1. The fourth-order valence-electron chi connectivity index (χ4n) is 1.21. The molecule has 0 saturated carbocycles. The van der Waals surface area contributed by atoms with E-state index in [0.29, 0.717) is 6.42 Å². The van der Waals surface area contributed by atoms with E-state index in [1.165, 1.54) is 12.1 Å². The van der Waals surface area contributed by atoms with Gasteiger partial charge in [0, 0.05) is 0 Å². The molecule has 0 saturated heterocycles. The Morgan fingerprint density at radius 1 is 1.69 bits per heavy atom. The van der Waals surface area contributed by atoms with Gasteiger partial charge in [0.1, 0.15) is 23.2 Å². The Kier molecular flexibility index (Phi) is 3.84. The molecule has 5 heteroatoms. The minimum Gasteiger partial charge on any atom is -0.479 e. The van der Waals surface area contributed by atoms with Crippen molar-refractivity contribution in [2.75, 3.05) is 0 Å². The molecule has 16 heavy (non-hydrogen) atoms. The van der Waals surface area contributed by atoms with E-state index in [0.717, 1.165) is 6.07 Å². The number of nitrogens with two attached hydrogens (primary N) is 1. The number of benzene rings is 1. The molecular formula is C11H11FN2O2. The molecule has 0 fully saturated rings. The van der Waals surface area contributed by atoms with E-state index in [1.807, 2.05) is 0 Å². The van der Waals surface area contributed by atoms with Crippen molar-refractivity contribution < 1.29 is 13.9 Å². The van der Waals surface area contributed by atoms with Crippen LogP contribution in [0.1, 0.15) is 18.9 Å². The summed E-state index contributed by atoms with van der Waals surface area (Å²) in [4.78, 5) is 10.9. The summed E-state index contributed by atoms with van der Waals surface area (Å²) in [6, 6.07) is 5.66. The summed E-state index contributed by atoms with van der Waals surface area (Å²) >= 11 is 0. The van der Waals surface area contributed by atoms with Gasteiger partial charge in [0.25, 0.3) is 5.91 Å². The lowest BCUT2D eigenvalue weighted by Gasteiger charge is -2.14. The highest BCUT2D eigenvalue weighted by Crippen LogP contribution is 2.22. The standard InChI is InChI=1S/C11H11FN2O2/c1-2-9(11(14)15)16-10-5-3-4-8(12)7(10)6-13/h3-5,9H,2H2,1H3,(H2,14,15). The Hall–Kier alpha value is -2.09. The van der Waals surface area contributed by atoms with Crippen molar-refractivity contribution in [2.24, 2.45) is 5.73 Å². The van der Waals surface area contributed by atoms with Gasteiger partial charge in [-0.1, -0.05) is 13.0 Å². The summed E-state index contributed by atoms with van der Waals surface area (Å²) in [7, 11) is 0. The highest BCUT2D eigenvalue weighted by molar-refractivity contribution is 5.79. The Balaban J connectivity index is 3.02. The predicted molar refractivity (Wildman–Crippen MR) is 55.0 cm³/mol. The molecule has 2 N–H and O–H groups in total. The molecule has 1 aromatic carbocycles. The van der Waals surface area contributed by atoms with E-state index in [9.17, 15) is 9.18 Å². The molecule has 0 spiro atoms. The van der Waals surface area contributed by atoms with Gasteiger partial charge in [-0.3, -0.25) is 4.79 Å². The molecular weight excluding hydrogens is 211 g/mol. The van der Waals surface area contributed by atoms with E-state index < -0.39 is 17.8 Å². The predicted octanol–water partition coefficient (Wildman–Crippen LogP) is 1.34. The van der Waals surface area contributed by atoms with Crippen LogP contribution < -0.4 is 10.5 Å². The molecule has 1 atom stereocenters. The summed E-state index contributed by atoms with van der Waals surface area (Å²) in [5.41, 5.74) is 4.86. The lowest BCUT2D eigenvalue weighted by Crippen LogP contribution is -2.33. The number of amides is 1. The summed E-state index contributed by atoms with van der Waals surface area (Å²) in [5.74, 6) is -1.29. The average Bonchev–Trinajstić information content (AvgIpc) is 2.25. The maximum atomic E-state index is 13.2. The molecule has 0 aliphatic rings. The van der Waals surface area contributed by atoms with Gasteiger partial charge < -0.3 is 10.5 Å². The first kappa shape index (κ1) is 12.0. The van der Waals surface area contributed by atoms with E-state index in [-0.39, 0.29) is 11.3 Å². The van der Waals surface area contributed by atoms with Gasteiger partial charge in [-0.2, -0.15) is 5.26 Å². The quantitative estimate of drug-likeness (QED) is 0.835. The molecule has 0 aromatic heterocycles. The van der Waals surface area contributed by atoms with Crippen LogP contribution in [-0.2, 0) is 4.79 Å². The van der Waals surface area contributed by atoms with Gasteiger partial charge in [0.15, 0.2) is 6.10 Å². The average molecular weight is 222 g/mol. The molecule has 1 amide bonds. The molecule has 0 aliphatic carbocycles. The molecule has 4 nitrogen and oxygen atoms in total. The number of nitriles is 1. The minimum atomic E-state index is -0.853. The number of primary amides is 1. The van der Waals surface area contributed by atoms with E-state index in [4.69, 9.17) is 15.7 Å². The molecule has 1 rings (SSSR count). The molecule has 1 aromatic rings. The van der Waals surface area contributed by atoms with Crippen LogP contribution in [0.15, 0.2) is 18.2 Å². The second kappa shape index (κ2) is 5.12. The first-order chi connectivity index (χ1) is 7.60. The maximum Gasteiger partial charge on any atom is 0.258 e. The summed E-state index contributed by atoms with van der Waals surface area (Å²) in [6.45, 7) is 1.71. The van der Waals surface area contributed by atoms with Crippen LogP contribution in [0.25, 0.3) is 0 Å². The number of halogens is 1. The SMILES string of the molecule is CCC(Oc1cccc(F)c1C#N)C(N)=O. The summed E-state index contributed by atoms with van der Waals surface area (Å²) < 4.78 is 18.4. The van der Waals surface area contributed by atoms with Crippen molar-refractivity contribution in [1.29, 1.82) is 5.26 Å². The van der Waals surface area contributed by atoms with Crippen molar-refractivity contribution in [1.82, 2.24) is 0 Å². The van der Waals surface area contributed by atoms with Gasteiger partial charge in [0.2, 0.25) is 0 Å². The van der Waals surface area contributed by atoms with Crippen LogP contribution in [-0.4, -0.2) is 12.0 Å². The second-order valence-electron chi connectivity index (χ2n) is 3.14. The van der Waals surface area contributed by atoms with Crippen molar-refractivity contribution in [3.05, 3.63) is 29.6 Å². The lowest BCUT2D eigenvalue weighted by molar-refractivity contribution is -0.124. The molecule has 0 radical (unpaired) electrons. The highest BCUT2D eigenvalue weighted by Gasteiger charge is 2.17. The van der Waals surface area contributed by atoms with E-state index in [2.05, 4.69) is 0 Å². The zero-order valence-corrected chi connectivity index (χ0v) is 8.74. The van der Waals surface area contributed by atoms with Crippen molar-refractivity contribution in [3.63, 3.8) is 0 Å². The molecule has 0 aliphatic heterocycles. The highest BCUT2D eigenvalue weighted by atomic mass is 19.1. The van der Waals surface area contributed by atoms with Gasteiger partial charge in [-0.25, -0.2) is 4.39 Å². The fraction of sp³-hybridized carbons (Fsp3) is 0.273. The number of carbonyl (C=O) groups excluding carboxylic acids is 1. The van der Waals surface area contributed by atoms with Crippen molar-refractivity contribution in [3.8, 4) is 11.8 Å². The summed E-state index contributed by atoms with van der Waals surface area (Å²) in [5, 5.41) is 8.74. The zero-order valence-electron chi connectivity index (χ0n) is 8.74. The monoisotopic (exact) mass is 222 g/mol. The number of hydrogen-bond donors (Lipinski definition) is 1. The number of nitrogens with zero attached hydrogens (tertiary/aromatic N) is 1. The van der Waals surface area contributed by atoms with Crippen LogP contribution in [0, 0.1) is 17.1 Å². The van der Waals surface area contributed by atoms with E-state index in [1.54, 1.807) is 13.0 Å². The first-order valence-corrected chi connectivity index (χ1v) is 4.74. The molecule has 84 valence electrons. The Bertz CT molecular complexity index is 440. The lowest BCUT2D eigenvalue weighted by atomic mass is 10.2. The van der Waals surface area contributed by atoms with Crippen LogP contribution in [0.2, 0.25) is 0 Å². The maximum absolute atomic E-state index is 13.2. The third kappa shape index (κ3) is 2.48. The number of carbonyl (C=O) groups is 1. The number of ether oxygens (including phenoxy) is 1. The van der Waals surface area contributed by atoms with Crippen LogP contribution in [0.3, 0.4) is 0 Å². The second-order valence-corrected chi connectivity index (χ2v) is 3.14. The van der Waals surface area contributed by atoms with Gasteiger partial charge in [-0.15, -0.1) is 0 Å². The fourth-order valence-corrected chi connectivity index (χ4v) is 1.21. The summed E-state index contributed by atoms with van der Waals surface area (Å²) in [6.07, 6.45) is -0.495. The minimum absolute atomic E-state index is 0.0353. The first-order valence-electron chi connectivity index (χ1n) is 4.74. The number of rotatable bonds is 4. The van der Waals surface area contributed by atoms with Gasteiger partial charge in [0.05, 0.1) is 0 Å². The van der Waals surface area contributed by atoms with Gasteiger partial charge >= 0.3 is 0 Å². The van der Waals surface area contributed by atoms with Crippen LogP contribution in [0.4, 0.5) is 4.39 Å². The third-order valence-electron chi connectivity index (χ3n) is 2.04. The Morgan fingerprint density at radius 2 is 2.38 bits per heavy atom. The third-order valence-corrected chi connectivity index (χ3v) is 2.04. The number of hydrogen-bond acceptors (Lipinski definition) is 3. The van der Waals surface area contributed by atoms with Crippen LogP contribution in [0.5, 0.6) is 5.75 Å². The molecule has 0 heterocycles. The van der Waals surface area contributed by atoms with Crippen molar-refractivity contribution >= 4 is 5.91 Å². The van der Waals surface area contributed by atoms with Crippen molar-refractivity contribution in [2.45, 2.75) is 19.4 Å². The smallest absolute Gasteiger partial charge is 0.258 e. The normalized spacial score (nSPS) is 11.6. The topological polar surface area (TPSA) is 76.1 Å². The van der Waals surface area contributed by atoms with E-state index >= 15 is 0 Å². The molecule has 0 bridgehead atoms. The Labute approximate surface area is 92.4 Å². The van der Waals surface area contributed by atoms with Gasteiger partial charge in [-0.05, 0) is 18.6 Å². The largest absolute Gasteiger partial charge is 0.479 e. The molecule has 1 unspecified atom stereocenters.